The third-order valence-electron chi connectivity index (χ3n) is 5.72. The van der Waals surface area contributed by atoms with Crippen molar-refractivity contribution in [1.82, 2.24) is 0 Å². The zero-order valence-electron chi connectivity index (χ0n) is 17.6. The maximum absolute atomic E-state index is 2.38. The molecule has 0 fully saturated rings. The summed E-state index contributed by atoms with van der Waals surface area (Å²) in [5, 5.41) is 7.42. The standard InChI is InChI=1S/C26H24P.2ClH.Zr/c1-17-16-19-12-15-22-23(18-10-13-20(14-11-18)26(2,3)4)24(19)25(17)27(22)21-8-6-5-7-9-21;;;/h5-16H,1-4H3;2*1H;/q-1;;;+3/p-2. The predicted molar refractivity (Wildman–Crippen MR) is 121 cm³/mol. The Balaban J connectivity index is 0.00000107. The number of aryl methyl sites for hydroxylation is 1. The van der Waals surface area contributed by atoms with Gasteiger partial charge in [-0.15, -0.1) is 41.1 Å². The minimum absolute atomic E-state index is 0. The van der Waals surface area contributed by atoms with Crippen LogP contribution in [0.4, 0.5) is 0 Å². The second kappa shape index (κ2) is 9.26. The summed E-state index contributed by atoms with van der Waals surface area (Å²) in [6.07, 6.45) is 0. The first-order valence-corrected chi connectivity index (χ1v) is 11.0. The Bertz CT molecular complexity index is 1240. The summed E-state index contributed by atoms with van der Waals surface area (Å²) in [6.45, 7) is 9.11. The van der Waals surface area contributed by atoms with E-state index in [4.69, 9.17) is 0 Å². The van der Waals surface area contributed by atoms with Crippen molar-refractivity contribution in [3.63, 3.8) is 0 Å². The normalized spacial score (nSPS) is 11.8. The Labute approximate surface area is 211 Å². The van der Waals surface area contributed by atoms with Crippen molar-refractivity contribution >= 4 is 28.5 Å². The SMILES string of the molecule is Cc1[cH-]c2ccc3c(-c4ccc(C(C)(C)C)cc4)c2c1p3-c1ccccc1.[Cl-].[Cl-].[Zr+3]. The molecular weight excluding hydrogens is 505 g/mol. The predicted octanol–water partition coefficient (Wildman–Crippen LogP) is 2.40. The largest absolute Gasteiger partial charge is 3.00 e. The first kappa shape index (κ1) is 25.3. The van der Waals surface area contributed by atoms with Gasteiger partial charge in [0.25, 0.3) is 0 Å². The molecule has 5 rings (SSSR count). The Morgan fingerprint density at radius 3 is 2.03 bits per heavy atom. The van der Waals surface area contributed by atoms with Crippen LogP contribution in [0.25, 0.3) is 37.4 Å². The van der Waals surface area contributed by atoms with Crippen LogP contribution in [0.1, 0.15) is 31.9 Å². The van der Waals surface area contributed by atoms with Gasteiger partial charge in [0.2, 0.25) is 0 Å². The van der Waals surface area contributed by atoms with Gasteiger partial charge < -0.3 is 24.8 Å². The molecule has 1 unspecified atom stereocenters. The minimum atomic E-state index is -0.452. The van der Waals surface area contributed by atoms with Gasteiger partial charge in [-0.1, -0.05) is 93.9 Å². The fourth-order valence-corrected chi connectivity index (χ4v) is 7.17. The van der Waals surface area contributed by atoms with Gasteiger partial charge in [-0.25, -0.2) is 0 Å². The maximum atomic E-state index is 2.38. The molecule has 5 aromatic rings. The average Bonchev–Trinajstić information content (AvgIpc) is 3.10. The van der Waals surface area contributed by atoms with Crippen LogP contribution in [0.5, 0.6) is 0 Å². The number of halogens is 2. The molecule has 1 atom stereocenters. The maximum Gasteiger partial charge on any atom is 3.00 e. The van der Waals surface area contributed by atoms with Crippen molar-refractivity contribution in [3.05, 3.63) is 83.9 Å². The van der Waals surface area contributed by atoms with Crippen LogP contribution in [0, 0.1) is 6.92 Å². The van der Waals surface area contributed by atoms with Gasteiger partial charge in [0.1, 0.15) is 0 Å². The number of hydrogen-bond donors (Lipinski definition) is 0. The number of rotatable bonds is 2. The van der Waals surface area contributed by atoms with Gasteiger partial charge in [0.05, 0.1) is 0 Å². The molecule has 4 aromatic carbocycles. The van der Waals surface area contributed by atoms with E-state index in [0.717, 1.165) is 0 Å². The van der Waals surface area contributed by atoms with Crippen LogP contribution >= 0.6 is 7.53 Å². The summed E-state index contributed by atoms with van der Waals surface area (Å²) in [6, 6.07) is 27.4. The van der Waals surface area contributed by atoms with E-state index >= 15 is 0 Å². The van der Waals surface area contributed by atoms with Gasteiger partial charge >= 0.3 is 26.2 Å². The Morgan fingerprint density at radius 2 is 1.43 bits per heavy atom. The second-order valence-corrected chi connectivity index (χ2v) is 10.7. The molecule has 0 saturated heterocycles. The number of benzene rings is 3. The quantitative estimate of drug-likeness (QED) is 0.308. The summed E-state index contributed by atoms with van der Waals surface area (Å²) in [4.78, 5) is 0. The molecule has 0 aliphatic carbocycles. The monoisotopic (exact) mass is 527 g/mol. The van der Waals surface area contributed by atoms with E-state index in [1.54, 1.807) is 5.12 Å². The summed E-state index contributed by atoms with van der Waals surface area (Å²) in [5.74, 6) is 0. The van der Waals surface area contributed by atoms with Crippen LogP contribution in [0.15, 0.2) is 72.8 Å². The smallest absolute Gasteiger partial charge is 1.00 e. The van der Waals surface area contributed by atoms with Crippen LogP contribution < -0.4 is 24.8 Å². The van der Waals surface area contributed by atoms with Gasteiger partial charge in [-0.05, 0) is 27.0 Å². The van der Waals surface area contributed by atoms with Crippen LogP contribution in [0.3, 0.4) is 0 Å². The number of fused-ring (bicyclic) bond motifs is 1. The van der Waals surface area contributed by atoms with E-state index in [-0.39, 0.29) is 56.4 Å². The van der Waals surface area contributed by atoms with Gasteiger partial charge in [0.15, 0.2) is 0 Å². The van der Waals surface area contributed by atoms with Gasteiger partial charge in [-0.2, -0.15) is 0 Å². The molecule has 30 heavy (non-hydrogen) atoms. The van der Waals surface area contributed by atoms with Crippen LogP contribution in [-0.4, -0.2) is 0 Å². The fraction of sp³-hybridized carbons (Fsp3) is 0.192. The zero-order chi connectivity index (χ0) is 18.8. The summed E-state index contributed by atoms with van der Waals surface area (Å²) in [5.41, 5.74) is 5.84. The molecule has 2 bridgehead atoms. The molecule has 0 saturated carbocycles. The van der Waals surface area contributed by atoms with Crippen molar-refractivity contribution in [2.24, 2.45) is 0 Å². The second-order valence-electron chi connectivity index (χ2n) is 8.60. The Hall–Kier alpha value is -0.967. The first-order valence-electron chi connectivity index (χ1n) is 9.64. The van der Waals surface area contributed by atoms with E-state index in [1.807, 2.05) is 0 Å². The van der Waals surface area contributed by atoms with Crippen molar-refractivity contribution in [3.8, 4) is 16.4 Å². The zero-order valence-corrected chi connectivity index (χ0v) is 22.5. The fourth-order valence-electron chi connectivity index (χ4n) is 4.35. The Kier molecular flexibility index (Phi) is 7.81. The molecule has 151 valence electrons. The molecule has 1 aromatic heterocycles. The summed E-state index contributed by atoms with van der Waals surface area (Å²) in [7, 11) is -0.452. The molecule has 4 heteroatoms. The van der Waals surface area contributed by atoms with Crippen molar-refractivity contribution in [2.45, 2.75) is 33.1 Å². The molecule has 1 heterocycles. The molecular formula is C26H24Cl2PZr. The summed E-state index contributed by atoms with van der Waals surface area (Å²) < 4.78 is 0. The average molecular weight is 530 g/mol. The van der Waals surface area contributed by atoms with E-state index in [1.165, 1.54) is 43.4 Å². The molecule has 1 radical (unpaired) electrons. The molecule has 0 spiro atoms. The van der Waals surface area contributed by atoms with Crippen molar-refractivity contribution < 1.29 is 51.0 Å². The van der Waals surface area contributed by atoms with Crippen molar-refractivity contribution in [2.75, 3.05) is 0 Å². The molecule has 0 aliphatic heterocycles. The summed E-state index contributed by atoms with van der Waals surface area (Å²) >= 11 is 0. The molecule has 0 amide bonds. The third-order valence-corrected chi connectivity index (χ3v) is 8.41. The van der Waals surface area contributed by atoms with Crippen LogP contribution in [0.2, 0.25) is 0 Å². The van der Waals surface area contributed by atoms with E-state index in [9.17, 15) is 0 Å². The first-order chi connectivity index (χ1) is 12.9. The van der Waals surface area contributed by atoms with Crippen LogP contribution in [-0.2, 0) is 31.6 Å². The van der Waals surface area contributed by atoms with E-state index in [2.05, 4.69) is 100 Å². The molecule has 0 nitrogen and oxygen atoms in total. The van der Waals surface area contributed by atoms with E-state index < -0.39 is 7.53 Å². The van der Waals surface area contributed by atoms with Crippen molar-refractivity contribution in [1.29, 1.82) is 0 Å². The minimum Gasteiger partial charge on any atom is -1.00 e. The third kappa shape index (κ3) is 3.96. The van der Waals surface area contributed by atoms with E-state index in [0.29, 0.717) is 0 Å². The van der Waals surface area contributed by atoms with Gasteiger partial charge in [-0.3, -0.25) is 0 Å². The van der Waals surface area contributed by atoms with Gasteiger partial charge in [0, 0.05) is 0 Å². The Morgan fingerprint density at radius 1 is 0.800 bits per heavy atom. The topological polar surface area (TPSA) is 0 Å². The molecule has 0 aliphatic rings. The number of hydrogen-bond acceptors (Lipinski definition) is 0. The molecule has 0 N–H and O–H groups in total.